The Labute approximate surface area is 107 Å². The van der Waals surface area contributed by atoms with Gasteiger partial charge in [0.2, 0.25) is 0 Å². The average molecular weight is 245 g/mol. The lowest BCUT2D eigenvalue weighted by Gasteiger charge is -2.12. The second-order valence-electron chi connectivity index (χ2n) is 4.15. The smallest absolute Gasteiger partial charge is 0.128 e. The molecule has 1 aromatic carbocycles. The Balaban J connectivity index is 2.50. The third kappa shape index (κ3) is 2.38. The molecule has 0 saturated carbocycles. The van der Waals surface area contributed by atoms with Crippen LogP contribution in [0.15, 0.2) is 30.7 Å². The highest BCUT2D eigenvalue weighted by molar-refractivity contribution is 5.68. The molecule has 0 aliphatic heterocycles. The normalized spacial score (nSPS) is 10.6. The molecule has 0 unspecified atom stereocenters. The van der Waals surface area contributed by atoms with E-state index in [1.807, 2.05) is 12.3 Å². The van der Waals surface area contributed by atoms with Gasteiger partial charge in [0, 0.05) is 18.7 Å². The topological polar surface area (TPSA) is 53.1 Å². The van der Waals surface area contributed by atoms with Crippen molar-refractivity contribution in [1.29, 1.82) is 0 Å². The summed E-state index contributed by atoms with van der Waals surface area (Å²) in [6, 6.07) is 6.25. The highest BCUT2D eigenvalue weighted by atomic mass is 16.5. The molecule has 4 heteroatoms. The maximum absolute atomic E-state index is 5.61. The molecular weight excluding hydrogens is 226 g/mol. The van der Waals surface area contributed by atoms with Crippen LogP contribution in [0.2, 0.25) is 0 Å². The molecule has 0 aliphatic rings. The summed E-state index contributed by atoms with van der Waals surface area (Å²) >= 11 is 0. The van der Waals surface area contributed by atoms with Crippen molar-refractivity contribution in [1.82, 2.24) is 9.55 Å². The molecule has 1 heterocycles. The second kappa shape index (κ2) is 5.69. The summed E-state index contributed by atoms with van der Waals surface area (Å²) in [7, 11) is 1.69. The molecule has 96 valence electrons. The van der Waals surface area contributed by atoms with Gasteiger partial charge in [0.25, 0.3) is 0 Å². The lowest BCUT2D eigenvalue weighted by atomic mass is 10.1. The minimum Gasteiger partial charge on any atom is -0.496 e. The number of imidazole rings is 1. The highest BCUT2D eigenvalue weighted by Gasteiger charge is 2.11. The van der Waals surface area contributed by atoms with Gasteiger partial charge in [-0.3, -0.25) is 0 Å². The molecule has 2 aromatic rings. The number of ether oxygens (including phenoxy) is 1. The third-order valence-electron chi connectivity index (χ3n) is 3.03. The van der Waals surface area contributed by atoms with Crippen LogP contribution in [0.1, 0.15) is 12.5 Å². The van der Waals surface area contributed by atoms with Crippen LogP contribution in [0.5, 0.6) is 5.75 Å². The predicted molar refractivity (Wildman–Crippen MR) is 72.6 cm³/mol. The number of aromatic nitrogens is 2. The monoisotopic (exact) mass is 245 g/mol. The van der Waals surface area contributed by atoms with E-state index in [0.717, 1.165) is 30.0 Å². The fourth-order valence-electron chi connectivity index (χ4n) is 2.04. The van der Waals surface area contributed by atoms with Crippen LogP contribution in [0, 0.1) is 0 Å². The minimum atomic E-state index is 0.596. The van der Waals surface area contributed by atoms with Crippen LogP contribution in [0.3, 0.4) is 0 Å². The van der Waals surface area contributed by atoms with Crippen LogP contribution in [-0.2, 0) is 13.0 Å². The first kappa shape index (κ1) is 12.6. The predicted octanol–water partition coefficient (Wildman–Crippen LogP) is 2.08. The Morgan fingerprint density at radius 3 is 2.89 bits per heavy atom. The molecule has 0 bridgehead atoms. The SMILES string of the molecule is CCc1ccc(OC)c(-c2cncn2CCN)c1. The van der Waals surface area contributed by atoms with Crippen molar-refractivity contribution in [2.45, 2.75) is 19.9 Å². The number of nitrogens with two attached hydrogens (primary N) is 1. The van der Waals surface area contributed by atoms with Crippen molar-refractivity contribution in [2.75, 3.05) is 13.7 Å². The zero-order chi connectivity index (χ0) is 13.0. The molecule has 1 aromatic heterocycles. The summed E-state index contributed by atoms with van der Waals surface area (Å²) in [5.41, 5.74) is 9.02. The summed E-state index contributed by atoms with van der Waals surface area (Å²) in [5, 5.41) is 0. The molecule has 0 saturated heterocycles. The number of benzene rings is 1. The van der Waals surface area contributed by atoms with Gasteiger partial charge >= 0.3 is 0 Å². The number of rotatable bonds is 5. The van der Waals surface area contributed by atoms with E-state index in [-0.39, 0.29) is 0 Å². The summed E-state index contributed by atoms with van der Waals surface area (Å²) in [6.07, 6.45) is 4.66. The fourth-order valence-corrected chi connectivity index (χ4v) is 2.04. The second-order valence-corrected chi connectivity index (χ2v) is 4.15. The van der Waals surface area contributed by atoms with Crippen molar-refractivity contribution < 1.29 is 4.74 Å². The number of aryl methyl sites for hydroxylation is 1. The Hall–Kier alpha value is -1.81. The van der Waals surface area contributed by atoms with E-state index >= 15 is 0 Å². The molecule has 0 radical (unpaired) electrons. The van der Waals surface area contributed by atoms with Gasteiger partial charge in [-0.25, -0.2) is 4.98 Å². The van der Waals surface area contributed by atoms with Crippen LogP contribution >= 0.6 is 0 Å². The first-order chi connectivity index (χ1) is 8.80. The number of methoxy groups -OCH3 is 1. The largest absolute Gasteiger partial charge is 0.496 e. The van der Waals surface area contributed by atoms with Gasteiger partial charge in [-0.2, -0.15) is 0 Å². The lowest BCUT2D eigenvalue weighted by Crippen LogP contribution is -2.10. The molecule has 0 spiro atoms. The van der Waals surface area contributed by atoms with E-state index in [1.165, 1.54) is 5.56 Å². The number of hydrogen-bond donors (Lipinski definition) is 1. The molecule has 0 amide bonds. The molecule has 18 heavy (non-hydrogen) atoms. The Kier molecular flexibility index (Phi) is 3.99. The van der Waals surface area contributed by atoms with Gasteiger partial charge in [-0.05, 0) is 24.1 Å². The van der Waals surface area contributed by atoms with E-state index in [2.05, 4.69) is 28.6 Å². The summed E-state index contributed by atoms with van der Waals surface area (Å²) < 4.78 is 7.48. The Morgan fingerprint density at radius 2 is 2.22 bits per heavy atom. The molecule has 4 nitrogen and oxygen atoms in total. The maximum atomic E-state index is 5.61. The standard InChI is InChI=1S/C14H19N3O/c1-3-11-4-5-14(18-2)12(8-11)13-9-16-10-17(13)7-6-15/h4-5,8-10H,3,6-7,15H2,1-2H3. The summed E-state index contributed by atoms with van der Waals surface area (Å²) in [6.45, 7) is 3.50. The fraction of sp³-hybridized carbons (Fsp3) is 0.357. The number of hydrogen-bond acceptors (Lipinski definition) is 3. The van der Waals surface area contributed by atoms with Gasteiger partial charge in [-0.15, -0.1) is 0 Å². The summed E-state index contributed by atoms with van der Waals surface area (Å²) in [4.78, 5) is 4.20. The van der Waals surface area contributed by atoms with Crippen molar-refractivity contribution in [3.05, 3.63) is 36.3 Å². The first-order valence-corrected chi connectivity index (χ1v) is 6.17. The van der Waals surface area contributed by atoms with Crippen LogP contribution < -0.4 is 10.5 Å². The van der Waals surface area contributed by atoms with E-state index in [1.54, 1.807) is 13.4 Å². The van der Waals surface area contributed by atoms with Crippen molar-refractivity contribution in [3.8, 4) is 17.0 Å². The Morgan fingerprint density at radius 1 is 1.39 bits per heavy atom. The van der Waals surface area contributed by atoms with E-state index in [4.69, 9.17) is 10.5 Å². The molecule has 2 rings (SSSR count). The zero-order valence-corrected chi connectivity index (χ0v) is 10.9. The van der Waals surface area contributed by atoms with Crippen LogP contribution in [0.4, 0.5) is 0 Å². The van der Waals surface area contributed by atoms with E-state index < -0.39 is 0 Å². The molecule has 0 fully saturated rings. The van der Waals surface area contributed by atoms with Crippen LogP contribution in [0.25, 0.3) is 11.3 Å². The van der Waals surface area contributed by atoms with Gasteiger partial charge in [0.1, 0.15) is 5.75 Å². The van der Waals surface area contributed by atoms with Crippen molar-refractivity contribution in [3.63, 3.8) is 0 Å². The summed E-state index contributed by atoms with van der Waals surface area (Å²) in [5.74, 6) is 0.867. The van der Waals surface area contributed by atoms with Gasteiger partial charge in [-0.1, -0.05) is 13.0 Å². The maximum Gasteiger partial charge on any atom is 0.128 e. The molecule has 0 aliphatic carbocycles. The van der Waals surface area contributed by atoms with Gasteiger partial charge < -0.3 is 15.0 Å². The Bertz CT molecular complexity index is 520. The lowest BCUT2D eigenvalue weighted by molar-refractivity contribution is 0.416. The van der Waals surface area contributed by atoms with Crippen molar-refractivity contribution >= 4 is 0 Å². The van der Waals surface area contributed by atoms with Crippen LogP contribution in [-0.4, -0.2) is 23.2 Å². The first-order valence-electron chi connectivity index (χ1n) is 6.17. The third-order valence-corrected chi connectivity index (χ3v) is 3.03. The van der Waals surface area contributed by atoms with Crippen molar-refractivity contribution in [2.24, 2.45) is 5.73 Å². The van der Waals surface area contributed by atoms with Gasteiger partial charge in [0.15, 0.2) is 0 Å². The molecular formula is C14H19N3O. The van der Waals surface area contributed by atoms with E-state index in [9.17, 15) is 0 Å². The highest BCUT2D eigenvalue weighted by Crippen LogP contribution is 2.30. The minimum absolute atomic E-state index is 0.596. The number of nitrogens with zero attached hydrogens (tertiary/aromatic N) is 2. The quantitative estimate of drug-likeness (QED) is 0.877. The molecule has 2 N–H and O–H groups in total. The van der Waals surface area contributed by atoms with E-state index in [0.29, 0.717) is 6.54 Å². The average Bonchev–Trinajstić information content (AvgIpc) is 2.86. The van der Waals surface area contributed by atoms with Gasteiger partial charge in [0.05, 0.1) is 25.3 Å². The molecule has 0 atom stereocenters. The zero-order valence-electron chi connectivity index (χ0n) is 10.9.